The Bertz CT molecular complexity index is 850. The molecule has 0 rings (SSSR count). The Hall–Kier alpha value is -0.760. The van der Waals surface area contributed by atoms with Crippen molar-refractivity contribution in [1.82, 2.24) is 5.32 Å². The van der Waals surface area contributed by atoms with Crippen LogP contribution in [0.25, 0.3) is 0 Å². The van der Waals surface area contributed by atoms with Crippen molar-refractivity contribution in [2.24, 2.45) is 0 Å². The van der Waals surface area contributed by atoms with Crippen molar-refractivity contribution in [3.8, 4) is 0 Å². The van der Waals surface area contributed by atoms with Gasteiger partial charge in [0.05, 0.1) is 39.9 Å². The van der Waals surface area contributed by atoms with E-state index in [0.29, 0.717) is 17.4 Å². The van der Waals surface area contributed by atoms with E-state index in [1.54, 1.807) is 6.08 Å². The number of phosphoric acid groups is 1. The second kappa shape index (κ2) is 35.0. The number of rotatable bonds is 39. The lowest BCUT2D eigenvalue weighted by atomic mass is 10.0. The number of carbonyl (C=O) groups is 1. The Morgan fingerprint density at radius 3 is 1.45 bits per heavy atom. The number of carbonyl (C=O) groups excluding carboxylic acids is 1. The highest BCUT2D eigenvalue weighted by atomic mass is 31.2. The molecule has 0 saturated heterocycles. The van der Waals surface area contributed by atoms with Crippen LogP contribution in [0.5, 0.6) is 0 Å². The highest BCUT2D eigenvalue weighted by molar-refractivity contribution is 7.47. The number of aliphatic hydroxyl groups excluding tert-OH is 1. The molecule has 1 amide bonds. The predicted octanol–water partition coefficient (Wildman–Crippen LogP) is 11.6. The Kier molecular flexibility index (Phi) is 34.5. The largest absolute Gasteiger partial charge is 0.472 e. The highest BCUT2D eigenvalue weighted by Gasteiger charge is 2.27. The van der Waals surface area contributed by atoms with Crippen LogP contribution < -0.4 is 5.32 Å². The molecule has 0 fully saturated rings. The number of hydrogen-bond acceptors (Lipinski definition) is 5. The van der Waals surface area contributed by atoms with Gasteiger partial charge < -0.3 is 19.8 Å². The highest BCUT2D eigenvalue weighted by Crippen LogP contribution is 2.43. The molecule has 0 saturated carbocycles. The summed E-state index contributed by atoms with van der Waals surface area (Å²) in [6, 6.07) is -0.837. The Morgan fingerprint density at radius 1 is 0.647 bits per heavy atom. The standard InChI is InChI=1S/C42H85N2O6P/c1-6-8-10-12-14-16-17-18-19-20-21-22-23-24-25-26-27-28-30-32-34-36-42(46)43-40(39-50-51(47,48)49-38-37-44(3,4)5)41(45)35-33-31-29-15-13-11-9-7-2/h33,35,40-41,45H,6-32,34,36-39H2,1-5H3,(H-,43,46,47,48)/p+1/b35-33+. The fourth-order valence-corrected chi connectivity index (χ4v) is 7.01. The van der Waals surface area contributed by atoms with Crippen LogP contribution in [0.3, 0.4) is 0 Å². The van der Waals surface area contributed by atoms with Crippen molar-refractivity contribution in [2.75, 3.05) is 40.9 Å². The molecule has 0 heterocycles. The number of aliphatic hydroxyl groups is 1. The minimum Gasteiger partial charge on any atom is -0.387 e. The molecule has 0 aromatic carbocycles. The summed E-state index contributed by atoms with van der Waals surface area (Å²) in [6.07, 6.45) is 38.7. The molecule has 0 aromatic heterocycles. The molecule has 0 aromatic rings. The number of nitrogens with zero attached hydrogens (tertiary/aromatic N) is 1. The fraction of sp³-hybridized carbons (Fsp3) is 0.929. The van der Waals surface area contributed by atoms with Gasteiger partial charge in [0.1, 0.15) is 13.2 Å². The molecule has 0 radical (unpaired) electrons. The van der Waals surface area contributed by atoms with Crippen LogP contribution in [-0.2, 0) is 18.4 Å². The van der Waals surface area contributed by atoms with Gasteiger partial charge in [-0.3, -0.25) is 13.8 Å². The van der Waals surface area contributed by atoms with Crippen LogP contribution in [0.2, 0.25) is 0 Å². The third kappa shape index (κ3) is 37.4. The number of amides is 1. The summed E-state index contributed by atoms with van der Waals surface area (Å²) in [7, 11) is 1.58. The second-order valence-electron chi connectivity index (χ2n) is 16.1. The van der Waals surface area contributed by atoms with E-state index in [9.17, 15) is 19.4 Å². The van der Waals surface area contributed by atoms with Gasteiger partial charge in [0, 0.05) is 6.42 Å². The lowest BCUT2D eigenvalue weighted by molar-refractivity contribution is -0.870. The molecule has 3 atom stereocenters. The summed E-state index contributed by atoms with van der Waals surface area (Å²) in [5.74, 6) is -0.177. The molecule has 9 heteroatoms. The molecule has 3 N–H and O–H groups in total. The summed E-state index contributed by atoms with van der Waals surface area (Å²) in [5.41, 5.74) is 0. The number of likely N-dealkylation sites (N-methyl/N-ethyl adjacent to an activating group) is 1. The summed E-state index contributed by atoms with van der Waals surface area (Å²) >= 11 is 0. The zero-order valence-electron chi connectivity index (χ0n) is 34.4. The predicted molar refractivity (Wildman–Crippen MR) is 217 cm³/mol. The molecular weight excluding hydrogens is 659 g/mol. The first kappa shape index (κ1) is 50.2. The summed E-state index contributed by atoms with van der Waals surface area (Å²) in [6.45, 7) is 4.78. The number of quaternary nitrogens is 1. The van der Waals surface area contributed by atoms with E-state index in [1.165, 1.54) is 141 Å². The maximum atomic E-state index is 12.8. The van der Waals surface area contributed by atoms with E-state index in [2.05, 4.69) is 19.2 Å². The van der Waals surface area contributed by atoms with Crippen LogP contribution in [-0.4, -0.2) is 73.4 Å². The van der Waals surface area contributed by atoms with Crippen molar-refractivity contribution in [3.63, 3.8) is 0 Å². The normalized spacial score (nSPS) is 14.6. The topological polar surface area (TPSA) is 105 Å². The van der Waals surface area contributed by atoms with Gasteiger partial charge in [-0.15, -0.1) is 0 Å². The van der Waals surface area contributed by atoms with Crippen LogP contribution in [0, 0.1) is 0 Å². The SMILES string of the molecule is CCCCCCCC/C=C/C(O)C(COP(=O)(O)OCC[N+](C)(C)C)NC(=O)CCCCCCCCCCCCCCCCCCCCCCC. The molecule has 0 aliphatic heterocycles. The van der Waals surface area contributed by atoms with Gasteiger partial charge in [-0.2, -0.15) is 0 Å². The molecule has 0 aliphatic carbocycles. The van der Waals surface area contributed by atoms with E-state index in [0.717, 1.165) is 38.5 Å². The van der Waals surface area contributed by atoms with Crippen LogP contribution >= 0.6 is 7.82 Å². The first-order chi connectivity index (χ1) is 24.5. The Morgan fingerprint density at radius 2 is 1.04 bits per heavy atom. The quantitative estimate of drug-likeness (QED) is 0.0250. The monoisotopic (exact) mass is 746 g/mol. The third-order valence-corrected chi connectivity index (χ3v) is 10.7. The van der Waals surface area contributed by atoms with E-state index in [-0.39, 0.29) is 19.1 Å². The van der Waals surface area contributed by atoms with Crippen LogP contribution in [0.1, 0.15) is 200 Å². The van der Waals surface area contributed by atoms with Gasteiger partial charge in [-0.05, 0) is 19.3 Å². The van der Waals surface area contributed by atoms with Crippen molar-refractivity contribution < 1.29 is 32.9 Å². The summed E-state index contributed by atoms with van der Waals surface area (Å²) in [4.78, 5) is 23.0. The van der Waals surface area contributed by atoms with Gasteiger partial charge in [0.15, 0.2) is 0 Å². The van der Waals surface area contributed by atoms with Crippen LogP contribution in [0.4, 0.5) is 0 Å². The van der Waals surface area contributed by atoms with Crippen molar-refractivity contribution in [3.05, 3.63) is 12.2 Å². The number of unbranched alkanes of at least 4 members (excludes halogenated alkanes) is 26. The number of hydrogen-bond donors (Lipinski definition) is 3. The van der Waals surface area contributed by atoms with Gasteiger partial charge in [-0.1, -0.05) is 187 Å². The second-order valence-corrected chi connectivity index (χ2v) is 17.5. The summed E-state index contributed by atoms with van der Waals surface area (Å²) in [5, 5.41) is 13.7. The molecule has 8 nitrogen and oxygen atoms in total. The maximum absolute atomic E-state index is 12.8. The van der Waals surface area contributed by atoms with E-state index >= 15 is 0 Å². The van der Waals surface area contributed by atoms with Crippen LogP contribution in [0.15, 0.2) is 12.2 Å². The molecule has 0 spiro atoms. The zero-order chi connectivity index (χ0) is 37.9. The first-order valence-corrected chi connectivity index (χ1v) is 23.1. The van der Waals surface area contributed by atoms with Crippen molar-refractivity contribution >= 4 is 13.7 Å². The molecule has 0 bridgehead atoms. The average Bonchev–Trinajstić information content (AvgIpc) is 3.07. The molecule has 304 valence electrons. The Labute approximate surface area is 316 Å². The van der Waals surface area contributed by atoms with E-state index in [4.69, 9.17) is 9.05 Å². The van der Waals surface area contributed by atoms with Gasteiger partial charge in [-0.25, -0.2) is 4.57 Å². The van der Waals surface area contributed by atoms with E-state index in [1.807, 2.05) is 27.2 Å². The zero-order valence-corrected chi connectivity index (χ0v) is 35.3. The minimum absolute atomic E-state index is 0.0640. The number of phosphoric ester groups is 1. The fourth-order valence-electron chi connectivity index (χ4n) is 6.28. The van der Waals surface area contributed by atoms with Gasteiger partial charge >= 0.3 is 7.82 Å². The Balaban J connectivity index is 4.19. The number of nitrogens with one attached hydrogen (secondary N) is 1. The van der Waals surface area contributed by atoms with E-state index < -0.39 is 20.0 Å². The minimum atomic E-state index is -4.32. The summed E-state index contributed by atoms with van der Waals surface area (Å²) < 4.78 is 23.4. The molecule has 51 heavy (non-hydrogen) atoms. The maximum Gasteiger partial charge on any atom is 0.472 e. The van der Waals surface area contributed by atoms with Crippen molar-refractivity contribution in [2.45, 2.75) is 212 Å². The molecule has 3 unspecified atom stereocenters. The lowest BCUT2D eigenvalue weighted by Gasteiger charge is -2.25. The molecular formula is C42H86N2O6P+. The average molecular weight is 746 g/mol. The molecule has 0 aliphatic rings. The first-order valence-electron chi connectivity index (χ1n) is 21.6. The smallest absolute Gasteiger partial charge is 0.387 e. The van der Waals surface area contributed by atoms with Gasteiger partial charge in [0.25, 0.3) is 0 Å². The van der Waals surface area contributed by atoms with Gasteiger partial charge in [0.2, 0.25) is 5.91 Å². The third-order valence-electron chi connectivity index (χ3n) is 9.76. The van der Waals surface area contributed by atoms with Crippen molar-refractivity contribution in [1.29, 1.82) is 0 Å². The lowest BCUT2D eigenvalue weighted by Crippen LogP contribution is -2.45. The number of allylic oxidation sites excluding steroid dienone is 1.